The lowest BCUT2D eigenvalue weighted by Crippen LogP contribution is -2.15. The Kier molecular flexibility index (Phi) is 2.86. The molecule has 68 valence electrons. The summed E-state index contributed by atoms with van der Waals surface area (Å²) in [4.78, 5) is 0. The maximum absolute atomic E-state index is 2.54. The van der Waals surface area contributed by atoms with Gasteiger partial charge < -0.3 is 0 Å². The van der Waals surface area contributed by atoms with E-state index in [9.17, 15) is 0 Å². The summed E-state index contributed by atoms with van der Waals surface area (Å²) in [6, 6.07) is 0. The summed E-state index contributed by atoms with van der Waals surface area (Å²) in [5.74, 6) is 1.02. The van der Waals surface area contributed by atoms with Crippen LogP contribution in [0.1, 0.15) is 57.8 Å². The molecule has 12 heavy (non-hydrogen) atoms. The monoisotopic (exact) mass is 164 g/mol. The van der Waals surface area contributed by atoms with Gasteiger partial charge in [-0.05, 0) is 38.0 Å². The molecule has 0 heterocycles. The molecule has 0 amide bonds. The van der Waals surface area contributed by atoms with Gasteiger partial charge in [0.15, 0.2) is 0 Å². The smallest absolute Gasteiger partial charge is 0.0200 e. The van der Waals surface area contributed by atoms with Crippen LogP contribution in [0.3, 0.4) is 0 Å². The molecule has 2 rings (SSSR count). The van der Waals surface area contributed by atoms with Gasteiger partial charge in [-0.15, -0.1) is 0 Å². The molecule has 0 aromatic heterocycles. The highest BCUT2D eigenvalue weighted by atomic mass is 14.3. The van der Waals surface area contributed by atoms with Crippen molar-refractivity contribution in [2.24, 2.45) is 5.92 Å². The van der Waals surface area contributed by atoms with Crippen molar-refractivity contribution >= 4 is 0 Å². The quantitative estimate of drug-likeness (QED) is 0.473. The summed E-state index contributed by atoms with van der Waals surface area (Å²) in [5, 5.41) is 0. The first-order chi connectivity index (χ1) is 5.97. The predicted molar refractivity (Wildman–Crippen MR) is 53.1 cm³/mol. The lowest BCUT2D eigenvalue weighted by molar-refractivity contribution is 0.387. The Morgan fingerprint density at radius 1 is 0.917 bits per heavy atom. The Balaban J connectivity index is 1.88. The van der Waals surface area contributed by atoms with Crippen molar-refractivity contribution in [1.29, 1.82) is 0 Å². The highest BCUT2D eigenvalue weighted by molar-refractivity contribution is 5.15. The van der Waals surface area contributed by atoms with Crippen LogP contribution >= 0.6 is 0 Å². The Labute approximate surface area is 76.1 Å². The van der Waals surface area contributed by atoms with Crippen molar-refractivity contribution in [1.82, 2.24) is 0 Å². The fraction of sp³-hybridized carbons (Fsp3) is 0.833. The van der Waals surface area contributed by atoms with Gasteiger partial charge in [-0.1, -0.05) is 37.3 Å². The van der Waals surface area contributed by atoms with Crippen LogP contribution in [0.4, 0.5) is 0 Å². The van der Waals surface area contributed by atoms with Gasteiger partial charge in [0.25, 0.3) is 0 Å². The summed E-state index contributed by atoms with van der Waals surface area (Å²) in [6.07, 6.45) is 15.7. The maximum atomic E-state index is 2.54. The maximum Gasteiger partial charge on any atom is -0.0200 e. The van der Waals surface area contributed by atoms with Gasteiger partial charge in [0.1, 0.15) is 0 Å². The summed E-state index contributed by atoms with van der Waals surface area (Å²) in [6.45, 7) is 0. The molecule has 0 N–H and O–H groups in total. The number of rotatable bonds is 0. The van der Waals surface area contributed by atoms with Crippen LogP contribution in [0.15, 0.2) is 11.6 Å². The van der Waals surface area contributed by atoms with Crippen molar-refractivity contribution in [3.8, 4) is 0 Å². The lowest BCUT2D eigenvalue weighted by atomic mass is 9.75. The minimum Gasteiger partial charge on any atom is -0.0851 e. The van der Waals surface area contributed by atoms with E-state index < -0.39 is 0 Å². The normalized spacial score (nSPS) is 31.3. The average molecular weight is 164 g/mol. The third-order valence-electron chi connectivity index (χ3n) is 3.47. The second kappa shape index (κ2) is 4.11. The Bertz CT molecular complexity index is 167. The summed E-state index contributed by atoms with van der Waals surface area (Å²) in [7, 11) is 0. The molecule has 0 aromatic rings. The van der Waals surface area contributed by atoms with E-state index in [-0.39, 0.29) is 0 Å². The first-order valence-electron chi connectivity index (χ1n) is 5.66. The van der Waals surface area contributed by atoms with E-state index in [4.69, 9.17) is 0 Å². The Morgan fingerprint density at radius 2 is 1.75 bits per heavy atom. The lowest BCUT2D eigenvalue weighted by Gasteiger charge is -2.30. The zero-order chi connectivity index (χ0) is 8.23. The molecular weight excluding hydrogens is 144 g/mol. The van der Waals surface area contributed by atoms with E-state index in [2.05, 4.69) is 6.08 Å². The largest absolute Gasteiger partial charge is 0.0851 e. The summed E-state index contributed by atoms with van der Waals surface area (Å²) >= 11 is 0. The van der Waals surface area contributed by atoms with E-state index in [1.54, 1.807) is 5.57 Å². The van der Waals surface area contributed by atoms with Crippen molar-refractivity contribution < 1.29 is 0 Å². The molecule has 2 aliphatic carbocycles. The SMILES string of the molecule is C1=C2CCC2CCCCCCC1. The van der Waals surface area contributed by atoms with Gasteiger partial charge in [0.2, 0.25) is 0 Å². The second-order valence-corrected chi connectivity index (χ2v) is 4.36. The molecule has 1 saturated carbocycles. The zero-order valence-electron chi connectivity index (χ0n) is 8.02. The molecule has 1 fully saturated rings. The van der Waals surface area contributed by atoms with Crippen LogP contribution in [-0.4, -0.2) is 0 Å². The number of hydrogen-bond donors (Lipinski definition) is 0. The van der Waals surface area contributed by atoms with Crippen LogP contribution in [0, 0.1) is 5.92 Å². The number of hydrogen-bond acceptors (Lipinski definition) is 0. The van der Waals surface area contributed by atoms with Gasteiger partial charge in [0.05, 0.1) is 0 Å². The molecule has 1 atom stereocenters. The Morgan fingerprint density at radius 3 is 2.58 bits per heavy atom. The van der Waals surface area contributed by atoms with Crippen LogP contribution < -0.4 is 0 Å². The van der Waals surface area contributed by atoms with Crippen LogP contribution in [0.25, 0.3) is 0 Å². The van der Waals surface area contributed by atoms with Crippen molar-refractivity contribution in [2.75, 3.05) is 0 Å². The zero-order valence-corrected chi connectivity index (χ0v) is 8.02. The Hall–Kier alpha value is -0.260. The molecule has 0 radical (unpaired) electrons. The second-order valence-electron chi connectivity index (χ2n) is 4.36. The molecule has 2 aliphatic rings. The summed E-state index contributed by atoms with van der Waals surface area (Å²) < 4.78 is 0. The first kappa shape index (κ1) is 8.34. The molecule has 0 aromatic carbocycles. The third-order valence-corrected chi connectivity index (χ3v) is 3.47. The predicted octanol–water partition coefficient (Wildman–Crippen LogP) is 4.07. The molecular formula is C12H20. The van der Waals surface area contributed by atoms with Gasteiger partial charge in [-0.3, -0.25) is 0 Å². The fourth-order valence-corrected chi connectivity index (χ4v) is 2.47. The van der Waals surface area contributed by atoms with Crippen LogP contribution in [0.5, 0.6) is 0 Å². The topological polar surface area (TPSA) is 0 Å². The van der Waals surface area contributed by atoms with Crippen molar-refractivity contribution in [2.45, 2.75) is 57.8 Å². The molecule has 1 unspecified atom stereocenters. The number of allylic oxidation sites excluding steroid dienone is 2. The molecule has 0 bridgehead atoms. The van der Waals surface area contributed by atoms with Gasteiger partial charge in [-0.25, -0.2) is 0 Å². The van der Waals surface area contributed by atoms with Crippen LogP contribution in [-0.2, 0) is 0 Å². The van der Waals surface area contributed by atoms with Gasteiger partial charge in [0, 0.05) is 0 Å². The third kappa shape index (κ3) is 1.91. The molecule has 0 saturated heterocycles. The van der Waals surface area contributed by atoms with Crippen LogP contribution in [0.2, 0.25) is 0 Å². The van der Waals surface area contributed by atoms with E-state index in [1.807, 2.05) is 0 Å². The number of fused-ring (bicyclic) bond motifs is 1. The average Bonchev–Trinajstić information content (AvgIpc) is 2.05. The van der Waals surface area contributed by atoms with Gasteiger partial charge in [-0.2, -0.15) is 0 Å². The van der Waals surface area contributed by atoms with E-state index >= 15 is 0 Å². The fourth-order valence-electron chi connectivity index (χ4n) is 2.47. The van der Waals surface area contributed by atoms with Gasteiger partial charge >= 0.3 is 0 Å². The molecule has 0 nitrogen and oxygen atoms in total. The van der Waals surface area contributed by atoms with E-state index in [1.165, 1.54) is 57.8 Å². The molecule has 0 spiro atoms. The minimum absolute atomic E-state index is 1.02. The molecule has 0 heteroatoms. The first-order valence-corrected chi connectivity index (χ1v) is 5.66. The van der Waals surface area contributed by atoms with E-state index in [0.29, 0.717) is 0 Å². The highest BCUT2D eigenvalue weighted by Crippen LogP contribution is 2.38. The standard InChI is InChI=1S/C12H20/c1-2-4-6-8-12-10-9-11(12)7-5-3-1/h7,12H,1-6,8-10H2. The minimum atomic E-state index is 1.02. The highest BCUT2D eigenvalue weighted by Gasteiger charge is 2.22. The summed E-state index contributed by atoms with van der Waals surface area (Å²) in [5.41, 5.74) is 1.80. The van der Waals surface area contributed by atoms with E-state index in [0.717, 1.165) is 5.92 Å². The van der Waals surface area contributed by atoms with Crippen molar-refractivity contribution in [3.05, 3.63) is 11.6 Å². The molecule has 0 aliphatic heterocycles. The van der Waals surface area contributed by atoms with Crippen molar-refractivity contribution in [3.63, 3.8) is 0 Å².